The molecule has 0 aliphatic rings. The average Bonchev–Trinajstić information content (AvgIpc) is 3.08. The lowest BCUT2D eigenvalue weighted by Crippen LogP contribution is -2.66. The molecule has 0 fully saturated rings. The fourth-order valence-electron chi connectivity index (χ4n) is 6.30. The third-order valence-electron chi connectivity index (χ3n) is 8.91. The number of hydrogen-bond acceptors (Lipinski definition) is 3. The van der Waals surface area contributed by atoms with Crippen molar-refractivity contribution in [2.75, 3.05) is 21.3 Å². The third-order valence-corrected chi connectivity index (χ3v) is 8.91. The van der Waals surface area contributed by atoms with Crippen molar-refractivity contribution in [2.45, 2.75) is 77.5 Å². The minimum atomic E-state index is -1.18. The zero-order valence-corrected chi connectivity index (χ0v) is 27.8. The van der Waals surface area contributed by atoms with Crippen LogP contribution < -0.4 is 35.2 Å². The fraction of sp³-hybridized carbons (Fsp3) is 0.410. The second-order valence-corrected chi connectivity index (χ2v) is 11.9. The third kappa shape index (κ3) is 10.5. The van der Waals surface area contributed by atoms with E-state index in [1.807, 2.05) is 42.2 Å². The predicted molar refractivity (Wildman–Crippen MR) is 188 cm³/mol. The number of methoxy groups -OCH3 is 3. The number of hydrogen-bond donors (Lipinski definition) is 0. The van der Waals surface area contributed by atoms with Gasteiger partial charge in [-0.05, 0) is 36.4 Å². The molecule has 0 atom stereocenters. The highest BCUT2D eigenvalue weighted by molar-refractivity contribution is 7.11. The van der Waals surface area contributed by atoms with Crippen LogP contribution in [0.1, 0.15) is 71.1 Å². The molecule has 236 valence electrons. The van der Waals surface area contributed by atoms with E-state index in [2.05, 4.69) is 79.7 Å². The normalized spacial score (nSPS) is 10.9. The number of aryl methyl sites for hydroxylation is 1. The Kier molecular flexibility index (Phi) is 15.4. The van der Waals surface area contributed by atoms with Gasteiger partial charge in [-0.3, -0.25) is 0 Å². The molecule has 0 radical (unpaired) electrons. The predicted octanol–water partition coefficient (Wildman–Crippen LogP) is 7.61. The molecule has 4 nitrogen and oxygen atoms in total. The molecule has 0 unspecified atom stereocenters. The number of aromatic nitrogens is 1. The highest BCUT2D eigenvalue weighted by Gasteiger charge is 2.29. The van der Waals surface area contributed by atoms with Gasteiger partial charge in [-0.1, -0.05) is 114 Å². The highest BCUT2D eigenvalue weighted by atomic mass is 16.5. The summed E-state index contributed by atoms with van der Waals surface area (Å²) < 4.78 is 18.5. The van der Waals surface area contributed by atoms with Crippen molar-refractivity contribution in [1.82, 2.24) is 0 Å². The van der Waals surface area contributed by atoms with E-state index in [-0.39, 0.29) is 0 Å². The topological polar surface area (TPSA) is 31.6 Å². The molecule has 4 rings (SSSR count). The Bertz CT molecular complexity index is 1180. The van der Waals surface area contributed by atoms with Crippen LogP contribution in [0.4, 0.5) is 0 Å². The van der Waals surface area contributed by atoms with Gasteiger partial charge in [0.15, 0.2) is 12.4 Å². The standard InChI is InChI=1S/C33H46BO3.C6H8N/c1-5-6-7-8-9-10-11-12-13-14-27-34(28-15-21-31(35-2)22-16-28,29-17-23-32(36-3)24-18-29)30-19-25-33(37-4)26-20-30;1-7-5-3-2-4-6-7/h15-26H,5-14,27H2,1-4H3;2-6H,1H3/q-1;+1. The summed E-state index contributed by atoms with van der Waals surface area (Å²) in [6.07, 6.45) is 17.3. The molecule has 1 aromatic heterocycles. The van der Waals surface area contributed by atoms with Crippen LogP contribution in [-0.4, -0.2) is 27.5 Å². The molecule has 0 bridgehead atoms. The Balaban J connectivity index is 0.000000662. The molecule has 5 heteroatoms. The first-order valence-corrected chi connectivity index (χ1v) is 16.6. The number of pyridine rings is 1. The first-order valence-electron chi connectivity index (χ1n) is 16.6. The SMILES string of the molecule is CCCCCCCCCCCC[B-](c1ccc(OC)cc1)(c1ccc(OC)cc1)c1ccc(OC)cc1.C[n+]1ccccc1. The summed E-state index contributed by atoms with van der Waals surface area (Å²) in [4.78, 5) is 0. The van der Waals surface area contributed by atoms with Crippen LogP contribution in [0.3, 0.4) is 0 Å². The zero-order chi connectivity index (χ0) is 31.5. The molecule has 0 aliphatic carbocycles. The van der Waals surface area contributed by atoms with Crippen LogP contribution in [0.25, 0.3) is 0 Å². The molecule has 3 aromatic carbocycles. The first-order chi connectivity index (χ1) is 21.6. The Morgan fingerprint density at radius 3 is 1.11 bits per heavy atom. The van der Waals surface area contributed by atoms with Gasteiger partial charge in [-0.2, -0.15) is 22.7 Å². The lowest BCUT2D eigenvalue weighted by Gasteiger charge is -2.43. The van der Waals surface area contributed by atoms with Crippen molar-refractivity contribution in [3.05, 3.63) is 103 Å². The van der Waals surface area contributed by atoms with E-state index in [4.69, 9.17) is 14.2 Å². The lowest BCUT2D eigenvalue weighted by molar-refractivity contribution is -0.671. The molecule has 44 heavy (non-hydrogen) atoms. The van der Waals surface area contributed by atoms with E-state index >= 15 is 0 Å². The van der Waals surface area contributed by atoms with Gasteiger partial charge in [0.25, 0.3) is 0 Å². The van der Waals surface area contributed by atoms with Gasteiger partial charge in [0, 0.05) is 12.1 Å². The fourth-order valence-corrected chi connectivity index (χ4v) is 6.30. The average molecular weight is 596 g/mol. The number of nitrogens with zero attached hydrogens (tertiary/aromatic N) is 1. The maximum absolute atomic E-state index is 5.49. The molecule has 0 saturated carbocycles. The second-order valence-electron chi connectivity index (χ2n) is 11.9. The van der Waals surface area contributed by atoms with Crippen molar-refractivity contribution in [3.63, 3.8) is 0 Å². The maximum atomic E-state index is 5.49. The van der Waals surface area contributed by atoms with Crippen molar-refractivity contribution in [3.8, 4) is 17.2 Å². The van der Waals surface area contributed by atoms with Gasteiger partial charge in [-0.15, -0.1) is 0 Å². The van der Waals surface area contributed by atoms with Gasteiger partial charge in [-0.25, -0.2) is 4.57 Å². The summed E-state index contributed by atoms with van der Waals surface area (Å²) in [6.45, 7) is 2.28. The molecule has 1 heterocycles. The van der Waals surface area contributed by atoms with Crippen molar-refractivity contribution in [1.29, 1.82) is 0 Å². The molecular formula is C39H54BNO3. The smallest absolute Gasteiger partial charge is 0.168 e. The lowest BCUT2D eigenvalue weighted by atomic mass is 9.14. The van der Waals surface area contributed by atoms with E-state index < -0.39 is 6.15 Å². The van der Waals surface area contributed by atoms with Gasteiger partial charge in [0.1, 0.15) is 24.3 Å². The maximum Gasteiger partial charge on any atom is 0.168 e. The Morgan fingerprint density at radius 1 is 0.477 bits per heavy atom. The summed E-state index contributed by atoms with van der Waals surface area (Å²) in [7, 11) is 7.18. The van der Waals surface area contributed by atoms with E-state index in [1.165, 1.54) is 80.6 Å². The number of ether oxygens (including phenoxy) is 3. The van der Waals surface area contributed by atoms with E-state index in [1.54, 1.807) is 21.3 Å². The van der Waals surface area contributed by atoms with Crippen LogP contribution in [0.15, 0.2) is 103 Å². The Morgan fingerprint density at radius 2 is 0.818 bits per heavy atom. The summed E-state index contributed by atoms with van der Waals surface area (Å²) in [5.41, 5.74) is 4.02. The Labute approximate surface area is 267 Å². The minimum absolute atomic E-state index is 0.886. The Hall–Kier alpha value is -3.73. The van der Waals surface area contributed by atoms with E-state index in [9.17, 15) is 0 Å². The highest BCUT2D eigenvalue weighted by Crippen LogP contribution is 2.22. The molecule has 0 spiro atoms. The van der Waals surface area contributed by atoms with Crippen LogP contribution in [0.2, 0.25) is 6.32 Å². The van der Waals surface area contributed by atoms with E-state index in [0.29, 0.717) is 0 Å². The zero-order valence-electron chi connectivity index (χ0n) is 27.8. The van der Waals surface area contributed by atoms with Crippen molar-refractivity contribution in [2.24, 2.45) is 7.05 Å². The van der Waals surface area contributed by atoms with Crippen LogP contribution in [-0.2, 0) is 7.05 Å². The second kappa shape index (κ2) is 19.5. The largest absolute Gasteiger partial charge is 0.497 e. The van der Waals surface area contributed by atoms with Crippen molar-refractivity contribution >= 4 is 22.5 Å². The number of benzene rings is 3. The molecule has 0 N–H and O–H groups in total. The van der Waals surface area contributed by atoms with Crippen LogP contribution in [0, 0.1) is 0 Å². The quantitative estimate of drug-likeness (QED) is 0.0715. The summed E-state index contributed by atoms with van der Waals surface area (Å²) in [5, 5.41) is 0. The number of rotatable bonds is 17. The van der Waals surface area contributed by atoms with Crippen molar-refractivity contribution < 1.29 is 18.8 Å². The summed E-state index contributed by atoms with van der Waals surface area (Å²) >= 11 is 0. The molecule has 4 aromatic rings. The van der Waals surface area contributed by atoms with Crippen LogP contribution >= 0.6 is 0 Å². The van der Waals surface area contributed by atoms with Gasteiger partial charge in [0.05, 0.1) is 27.5 Å². The van der Waals surface area contributed by atoms with Crippen LogP contribution in [0.5, 0.6) is 17.2 Å². The molecule has 0 saturated heterocycles. The van der Waals surface area contributed by atoms with Gasteiger partial charge >= 0.3 is 0 Å². The minimum Gasteiger partial charge on any atom is -0.497 e. The summed E-state index contributed by atoms with van der Waals surface area (Å²) in [6, 6.07) is 32.1. The molecule has 0 amide bonds. The molecule has 0 aliphatic heterocycles. The van der Waals surface area contributed by atoms with Gasteiger partial charge < -0.3 is 14.2 Å². The monoisotopic (exact) mass is 595 g/mol. The first kappa shape index (κ1) is 34.8. The van der Waals surface area contributed by atoms with E-state index in [0.717, 1.165) is 23.6 Å². The summed E-state index contributed by atoms with van der Waals surface area (Å²) in [5.74, 6) is 2.66. The molecular weight excluding hydrogens is 541 g/mol. The van der Waals surface area contributed by atoms with Gasteiger partial charge in [0.2, 0.25) is 0 Å². The number of unbranched alkanes of at least 4 members (excludes halogenated alkanes) is 9.